The molecule has 1 aromatic heterocycles. The Labute approximate surface area is 115 Å². The van der Waals surface area contributed by atoms with Gasteiger partial charge in [-0.15, -0.1) is 11.6 Å². The molecule has 0 bridgehead atoms. The van der Waals surface area contributed by atoms with E-state index in [0.717, 1.165) is 11.3 Å². The van der Waals surface area contributed by atoms with Crippen molar-refractivity contribution >= 4 is 11.6 Å². The smallest absolute Gasteiger partial charge is 0.387 e. The zero-order valence-electron chi connectivity index (χ0n) is 9.97. The van der Waals surface area contributed by atoms with Crippen LogP contribution < -0.4 is 4.74 Å². The first kappa shape index (κ1) is 13.7. The first-order valence-corrected chi connectivity index (χ1v) is 6.17. The molecule has 19 heavy (non-hydrogen) atoms. The van der Waals surface area contributed by atoms with Crippen molar-refractivity contribution in [3.63, 3.8) is 0 Å². The van der Waals surface area contributed by atoms with E-state index in [-0.39, 0.29) is 11.1 Å². The lowest BCUT2D eigenvalue weighted by atomic mass is 10.1. The lowest BCUT2D eigenvalue weighted by Gasteiger charge is -2.11. The molecule has 0 aliphatic carbocycles. The number of hydrogen-bond acceptors (Lipinski definition) is 2. The molecule has 0 saturated heterocycles. The highest BCUT2D eigenvalue weighted by Crippen LogP contribution is 2.27. The van der Waals surface area contributed by atoms with Crippen molar-refractivity contribution in [2.24, 2.45) is 0 Å². The van der Waals surface area contributed by atoms with Gasteiger partial charge in [0.25, 0.3) is 0 Å². The van der Waals surface area contributed by atoms with E-state index in [2.05, 4.69) is 9.72 Å². The van der Waals surface area contributed by atoms with Gasteiger partial charge >= 0.3 is 6.61 Å². The Morgan fingerprint density at radius 1 is 1.16 bits per heavy atom. The Morgan fingerprint density at radius 3 is 2.68 bits per heavy atom. The minimum Gasteiger partial charge on any atom is -0.435 e. The van der Waals surface area contributed by atoms with Crippen LogP contribution in [0.1, 0.15) is 16.6 Å². The fourth-order valence-electron chi connectivity index (χ4n) is 1.71. The highest BCUT2D eigenvalue weighted by Gasteiger charge is 2.12. The second-order valence-corrected chi connectivity index (χ2v) is 4.47. The lowest BCUT2D eigenvalue weighted by Crippen LogP contribution is -2.03. The Morgan fingerprint density at radius 2 is 2.00 bits per heavy atom. The maximum atomic E-state index is 12.1. The van der Waals surface area contributed by atoms with E-state index in [1.54, 1.807) is 18.3 Å². The molecular formula is C14H12ClF2NO. The van der Waals surface area contributed by atoms with Gasteiger partial charge in [-0.3, -0.25) is 4.98 Å². The van der Waals surface area contributed by atoms with Crippen LogP contribution in [-0.2, 0) is 6.42 Å². The number of halogens is 3. The second kappa shape index (κ2) is 6.48. The highest BCUT2D eigenvalue weighted by atomic mass is 35.5. The summed E-state index contributed by atoms with van der Waals surface area (Å²) in [5, 5.41) is -0.337. The molecule has 2 rings (SSSR count). The summed E-state index contributed by atoms with van der Waals surface area (Å²) in [6.07, 6.45) is 2.22. The number of pyridine rings is 1. The van der Waals surface area contributed by atoms with E-state index in [4.69, 9.17) is 11.6 Å². The van der Waals surface area contributed by atoms with Crippen LogP contribution in [-0.4, -0.2) is 11.6 Å². The molecule has 0 spiro atoms. The Kier molecular flexibility index (Phi) is 4.68. The molecule has 0 N–H and O–H groups in total. The normalized spacial score (nSPS) is 12.4. The van der Waals surface area contributed by atoms with E-state index in [1.165, 1.54) is 12.1 Å². The van der Waals surface area contributed by atoms with E-state index in [1.807, 2.05) is 18.2 Å². The molecule has 1 aromatic carbocycles. The van der Waals surface area contributed by atoms with Gasteiger partial charge in [0, 0.05) is 18.3 Å². The van der Waals surface area contributed by atoms with E-state index in [0.29, 0.717) is 6.42 Å². The average Bonchev–Trinajstić information content (AvgIpc) is 2.39. The summed E-state index contributed by atoms with van der Waals surface area (Å²) in [5.41, 5.74) is 1.58. The van der Waals surface area contributed by atoms with E-state index >= 15 is 0 Å². The third kappa shape index (κ3) is 4.17. The Bertz CT molecular complexity index is 522. The SMILES string of the molecule is FC(F)Oc1cccc(C(Cl)Cc2ccccn2)c1. The van der Waals surface area contributed by atoms with Crippen molar-refractivity contribution in [2.45, 2.75) is 18.4 Å². The summed E-state index contributed by atoms with van der Waals surface area (Å²) in [7, 11) is 0. The van der Waals surface area contributed by atoms with Crippen LogP contribution in [0.2, 0.25) is 0 Å². The molecule has 2 nitrogen and oxygen atoms in total. The van der Waals surface area contributed by atoms with Gasteiger partial charge in [0.2, 0.25) is 0 Å². The van der Waals surface area contributed by atoms with Crippen LogP contribution in [0.5, 0.6) is 5.75 Å². The van der Waals surface area contributed by atoms with Crippen molar-refractivity contribution in [1.29, 1.82) is 0 Å². The number of benzene rings is 1. The topological polar surface area (TPSA) is 22.1 Å². The van der Waals surface area contributed by atoms with Gasteiger partial charge in [-0.1, -0.05) is 18.2 Å². The fraction of sp³-hybridized carbons (Fsp3) is 0.214. The summed E-state index contributed by atoms with van der Waals surface area (Å²) in [5.74, 6) is 0.110. The van der Waals surface area contributed by atoms with Crippen molar-refractivity contribution in [3.05, 3.63) is 59.9 Å². The zero-order valence-corrected chi connectivity index (χ0v) is 10.7. The van der Waals surface area contributed by atoms with E-state index in [9.17, 15) is 8.78 Å². The van der Waals surface area contributed by atoms with E-state index < -0.39 is 6.61 Å². The molecule has 0 saturated carbocycles. The number of hydrogen-bond donors (Lipinski definition) is 0. The van der Waals surface area contributed by atoms with Crippen molar-refractivity contribution < 1.29 is 13.5 Å². The van der Waals surface area contributed by atoms with Crippen LogP contribution in [0.15, 0.2) is 48.7 Å². The van der Waals surface area contributed by atoms with Crippen LogP contribution in [0.4, 0.5) is 8.78 Å². The maximum Gasteiger partial charge on any atom is 0.387 e. The van der Waals surface area contributed by atoms with Crippen LogP contribution >= 0.6 is 11.6 Å². The third-order valence-corrected chi connectivity index (χ3v) is 2.97. The highest BCUT2D eigenvalue weighted by molar-refractivity contribution is 6.20. The molecule has 1 heterocycles. The number of ether oxygens (including phenoxy) is 1. The van der Waals surface area contributed by atoms with Crippen molar-refractivity contribution in [3.8, 4) is 5.75 Å². The van der Waals surface area contributed by atoms with Gasteiger partial charge in [-0.2, -0.15) is 8.78 Å². The number of aromatic nitrogens is 1. The van der Waals surface area contributed by atoms with Gasteiger partial charge in [-0.25, -0.2) is 0 Å². The molecule has 0 radical (unpaired) electrons. The molecular weight excluding hydrogens is 272 g/mol. The first-order chi connectivity index (χ1) is 9.15. The molecule has 0 aliphatic rings. The molecule has 1 atom stereocenters. The molecule has 100 valence electrons. The molecule has 1 unspecified atom stereocenters. The number of rotatable bonds is 5. The number of nitrogens with zero attached hydrogens (tertiary/aromatic N) is 1. The minimum atomic E-state index is -2.83. The third-order valence-electron chi connectivity index (χ3n) is 2.56. The predicted octanol–water partition coefficient (Wildman–Crippen LogP) is 4.21. The van der Waals surface area contributed by atoms with Crippen molar-refractivity contribution in [1.82, 2.24) is 4.98 Å². The van der Waals surface area contributed by atoms with Crippen LogP contribution in [0.25, 0.3) is 0 Å². The number of alkyl halides is 3. The molecule has 5 heteroatoms. The maximum absolute atomic E-state index is 12.1. The quantitative estimate of drug-likeness (QED) is 0.767. The van der Waals surface area contributed by atoms with Crippen LogP contribution in [0.3, 0.4) is 0 Å². The lowest BCUT2D eigenvalue weighted by molar-refractivity contribution is -0.0498. The molecule has 2 aromatic rings. The Hall–Kier alpha value is -1.68. The molecule has 0 aliphatic heterocycles. The summed E-state index contributed by atoms with van der Waals surface area (Å²) in [6, 6.07) is 12.0. The predicted molar refractivity (Wildman–Crippen MR) is 69.6 cm³/mol. The molecule has 0 amide bonds. The molecule has 0 fully saturated rings. The minimum absolute atomic E-state index is 0.110. The Balaban J connectivity index is 2.08. The van der Waals surface area contributed by atoms with Gasteiger partial charge in [-0.05, 0) is 29.8 Å². The summed E-state index contributed by atoms with van der Waals surface area (Å²) >= 11 is 6.27. The second-order valence-electron chi connectivity index (χ2n) is 3.94. The zero-order chi connectivity index (χ0) is 13.7. The largest absolute Gasteiger partial charge is 0.435 e. The fourth-order valence-corrected chi connectivity index (χ4v) is 2.00. The van der Waals surface area contributed by atoms with Crippen molar-refractivity contribution in [2.75, 3.05) is 0 Å². The van der Waals surface area contributed by atoms with Crippen LogP contribution in [0, 0.1) is 0 Å². The summed E-state index contributed by atoms with van der Waals surface area (Å²) in [6.45, 7) is -2.83. The van der Waals surface area contributed by atoms with Gasteiger partial charge in [0.05, 0.1) is 5.38 Å². The van der Waals surface area contributed by atoms with Gasteiger partial charge in [0.15, 0.2) is 0 Å². The first-order valence-electron chi connectivity index (χ1n) is 5.74. The monoisotopic (exact) mass is 283 g/mol. The average molecular weight is 284 g/mol. The summed E-state index contributed by atoms with van der Waals surface area (Å²) < 4.78 is 28.6. The standard InChI is InChI=1S/C14H12ClF2NO/c15-13(9-11-5-1-2-7-18-11)10-4-3-6-12(8-10)19-14(16)17/h1-8,13-14H,9H2. The van der Waals surface area contributed by atoms with Gasteiger partial charge in [0.1, 0.15) is 5.75 Å². The van der Waals surface area contributed by atoms with Gasteiger partial charge < -0.3 is 4.74 Å². The summed E-state index contributed by atoms with van der Waals surface area (Å²) in [4.78, 5) is 4.18.